The maximum Gasteiger partial charge on any atom is 0.251 e. The summed E-state index contributed by atoms with van der Waals surface area (Å²) < 4.78 is 5.64. The van der Waals surface area contributed by atoms with Crippen molar-refractivity contribution in [2.45, 2.75) is 6.42 Å². The van der Waals surface area contributed by atoms with E-state index in [1.807, 2.05) is 48.5 Å². The monoisotopic (exact) mass is 354 g/mol. The zero-order chi connectivity index (χ0) is 18.5. The Morgan fingerprint density at radius 3 is 2.19 bits per heavy atom. The molecule has 0 bridgehead atoms. The van der Waals surface area contributed by atoms with Gasteiger partial charge in [-0.05, 0) is 30.7 Å². The van der Waals surface area contributed by atoms with Gasteiger partial charge in [0.1, 0.15) is 5.75 Å². The van der Waals surface area contributed by atoms with Gasteiger partial charge in [0, 0.05) is 32.2 Å². The van der Waals surface area contributed by atoms with Crippen molar-refractivity contribution in [3.8, 4) is 5.75 Å². The average Bonchev–Trinajstić information content (AvgIpc) is 2.70. The first kappa shape index (κ1) is 19.3. The second kappa shape index (κ2) is 11.5. The van der Waals surface area contributed by atoms with Crippen LogP contribution in [0, 0.1) is 0 Å². The maximum absolute atomic E-state index is 11.9. The van der Waals surface area contributed by atoms with Crippen LogP contribution in [0.3, 0.4) is 0 Å². The predicted molar refractivity (Wildman–Crippen MR) is 105 cm³/mol. The molecule has 0 spiro atoms. The standard InChI is InChI=1S/C20H26N4O2/c1-21-20(23-13-8-16-26-18-11-6-3-7-12-18)24-15-14-22-19(25)17-9-4-2-5-10-17/h2-7,9-12H,8,13-16H2,1H3,(H,22,25)(H2,21,23,24). The van der Waals surface area contributed by atoms with Crippen molar-refractivity contribution in [2.24, 2.45) is 4.99 Å². The molecule has 1 amide bonds. The van der Waals surface area contributed by atoms with Crippen molar-refractivity contribution in [1.82, 2.24) is 16.0 Å². The van der Waals surface area contributed by atoms with Crippen molar-refractivity contribution in [3.63, 3.8) is 0 Å². The number of nitrogens with zero attached hydrogens (tertiary/aromatic N) is 1. The van der Waals surface area contributed by atoms with Crippen LogP contribution in [0.1, 0.15) is 16.8 Å². The lowest BCUT2D eigenvalue weighted by Gasteiger charge is -2.12. The molecule has 0 aliphatic heterocycles. The molecule has 2 aromatic rings. The van der Waals surface area contributed by atoms with Gasteiger partial charge < -0.3 is 20.7 Å². The molecule has 0 radical (unpaired) electrons. The van der Waals surface area contributed by atoms with Crippen LogP contribution in [0.25, 0.3) is 0 Å². The first-order valence-electron chi connectivity index (χ1n) is 8.75. The molecule has 0 fully saturated rings. The SMILES string of the molecule is CN=C(NCCCOc1ccccc1)NCCNC(=O)c1ccccc1. The minimum Gasteiger partial charge on any atom is -0.494 e. The predicted octanol–water partition coefficient (Wildman–Crippen LogP) is 2.05. The quantitative estimate of drug-likeness (QED) is 0.366. The van der Waals surface area contributed by atoms with Crippen LogP contribution >= 0.6 is 0 Å². The third-order valence-corrected chi connectivity index (χ3v) is 3.59. The summed E-state index contributed by atoms with van der Waals surface area (Å²) in [7, 11) is 1.72. The zero-order valence-corrected chi connectivity index (χ0v) is 15.1. The van der Waals surface area contributed by atoms with Crippen molar-refractivity contribution in [1.29, 1.82) is 0 Å². The summed E-state index contributed by atoms with van der Waals surface area (Å²) in [6, 6.07) is 18.9. The number of carbonyl (C=O) groups excluding carboxylic acids is 1. The van der Waals surface area contributed by atoms with E-state index in [1.165, 1.54) is 0 Å². The maximum atomic E-state index is 11.9. The lowest BCUT2D eigenvalue weighted by Crippen LogP contribution is -2.42. The number of rotatable bonds is 9. The highest BCUT2D eigenvalue weighted by atomic mass is 16.5. The van der Waals surface area contributed by atoms with Crippen molar-refractivity contribution in [3.05, 3.63) is 66.2 Å². The summed E-state index contributed by atoms with van der Waals surface area (Å²) in [5, 5.41) is 9.26. The van der Waals surface area contributed by atoms with Crippen LogP contribution in [0.2, 0.25) is 0 Å². The molecule has 138 valence electrons. The third kappa shape index (κ3) is 7.25. The summed E-state index contributed by atoms with van der Waals surface area (Å²) in [4.78, 5) is 16.1. The minimum absolute atomic E-state index is 0.0755. The van der Waals surface area contributed by atoms with E-state index in [4.69, 9.17) is 4.74 Å². The van der Waals surface area contributed by atoms with Crippen molar-refractivity contribution in [2.75, 3.05) is 33.3 Å². The van der Waals surface area contributed by atoms with Gasteiger partial charge in [0.25, 0.3) is 5.91 Å². The molecule has 2 rings (SSSR count). The lowest BCUT2D eigenvalue weighted by molar-refractivity contribution is 0.0954. The molecule has 0 heterocycles. The number of ether oxygens (including phenoxy) is 1. The highest BCUT2D eigenvalue weighted by Crippen LogP contribution is 2.07. The van der Waals surface area contributed by atoms with Gasteiger partial charge in [-0.3, -0.25) is 9.79 Å². The second-order valence-electron chi connectivity index (χ2n) is 5.56. The van der Waals surface area contributed by atoms with Crippen LogP contribution in [0.15, 0.2) is 65.7 Å². The number of para-hydroxylation sites is 1. The third-order valence-electron chi connectivity index (χ3n) is 3.59. The van der Waals surface area contributed by atoms with E-state index in [-0.39, 0.29) is 5.91 Å². The van der Waals surface area contributed by atoms with Gasteiger partial charge in [-0.25, -0.2) is 0 Å². The van der Waals surface area contributed by atoms with E-state index in [1.54, 1.807) is 19.2 Å². The van der Waals surface area contributed by atoms with Gasteiger partial charge >= 0.3 is 0 Å². The molecule has 0 saturated carbocycles. The number of benzene rings is 2. The summed E-state index contributed by atoms with van der Waals surface area (Å²) in [6.45, 7) is 2.51. The van der Waals surface area contributed by atoms with Crippen LogP contribution in [0.4, 0.5) is 0 Å². The Balaban J connectivity index is 1.54. The fourth-order valence-electron chi connectivity index (χ4n) is 2.25. The topological polar surface area (TPSA) is 74.8 Å². The van der Waals surface area contributed by atoms with E-state index in [0.29, 0.717) is 31.2 Å². The van der Waals surface area contributed by atoms with Gasteiger partial charge in [-0.2, -0.15) is 0 Å². The fourth-order valence-corrected chi connectivity index (χ4v) is 2.25. The van der Waals surface area contributed by atoms with Gasteiger partial charge in [0.2, 0.25) is 0 Å². The Kier molecular flexibility index (Phi) is 8.55. The Hall–Kier alpha value is -3.02. The summed E-state index contributed by atoms with van der Waals surface area (Å²) in [5.41, 5.74) is 0.661. The van der Waals surface area contributed by atoms with E-state index >= 15 is 0 Å². The van der Waals surface area contributed by atoms with E-state index in [9.17, 15) is 4.79 Å². The molecule has 6 nitrogen and oxygen atoms in total. The molecule has 6 heteroatoms. The Morgan fingerprint density at radius 2 is 1.50 bits per heavy atom. The Bertz CT molecular complexity index is 675. The molecule has 0 saturated heterocycles. The second-order valence-corrected chi connectivity index (χ2v) is 5.56. The largest absolute Gasteiger partial charge is 0.494 e. The van der Waals surface area contributed by atoms with E-state index in [2.05, 4.69) is 20.9 Å². The van der Waals surface area contributed by atoms with E-state index < -0.39 is 0 Å². The first-order valence-corrected chi connectivity index (χ1v) is 8.75. The summed E-state index contributed by atoms with van der Waals surface area (Å²) >= 11 is 0. The molecule has 0 aromatic heterocycles. The number of hydrogen-bond donors (Lipinski definition) is 3. The number of carbonyl (C=O) groups is 1. The van der Waals surface area contributed by atoms with Gasteiger partial charge in [-0.1, -0.05) is 36.4 Å². The molecular formula is C20H26N4O2. The Morgan fingerprint density at radius 1 is 0.885 bits per heavy atom. The van der Waals surface area contributed by atoms with Gasteiger partial charge in [0.05, 0.1) is 6.61 Å². The molecule has 0 aliphatic rings. The lowest BCUT2D eigenvalue weighted by atomic mass is 10.2. The normalized spacial score (nSPS) is 10.9. The van der Waals surface area contributed by atoms with Crippen LogP contribution in [-0.4, -0.2) is 45.2 Å². The highest BCUT2D eigenvalue weighted by Gasteiger charge is 2.03. The average molecular weight is 354 g/mol. The summed E-state index contributed by atoms with van der Waals surface area (Å²) in [5.74, 6) is 1.51. The molecule has 2 aromatic carbocycles. The summed E-state index contributed by atoms with van der Waals surface area (Å²) in [6.07, 6.45) is 0.861. The zero-order valence-electron chi connectivity index (χ0n) is 15.1. The number of nitrogens with one attached hydrogen (secondary N) is 3. The molecule has 3 N–H and O–H groups in total. The van der Waals surface area contributed by atoms with Crippen LogP contribution in [0.5, 0.6) is 5.75 Å². The molecule has 26 heavy (non-hydrogen) atoms. The van der Waals surface area contributed by atoms with Crippen molar-refractivity contribution < 1.29 is 9.53 Å². The van der Waals surface area contributed by atoms with Crippen LogP contribution < -0.4 is 20.7 Å². The molecular weight excluding hydrogens is 328 g/mol. The van der Waals surface area contributed by atoms with Gasteiger partial charge in [0.15, 0.2) is 5.96 Å². The molecule has 0 atom stereocenters. The number of aliphatic imine (C=N–C) groups is 1. The first-order chi connectivity index (χ1) is 12.8. The highest BCUT2D eigenvalue weighted by molar-refractivity contribution is 5.94. The van der Waals surface area contributed by atoms with Crippen molar-refractivity contribution >= 4 is 11.9 Å². The number of guanidine groups is 1. The number of amides is 1. The molecule has 0 aliphatic carbocycles. The smallest absolute Gasteiger partial charge is 0.251 e. The molecule has 0 unspecified atom stereocenters. The fraction of sp³-hybridized carbons (Fsp3) is 0.300. The van der Waals surface area contributed by atoms with Crippen LogP contribution in [-0.2, 0) is 0 Å². The number of hydrogen-bond acceptors (Lipinski definition) is 3. The van der Waals surface area contributed by atoms with Gasteiger partial charge in [-0.15, -0.1) is 0 Å². The van der Waals surface area contributed by atoms with E-state index in [0.717, 1.165) is 18.7 Å². The Labute approximate surface area is 154 Å². The minimum atomic E-state index is -0.0755.